The molecular formula is C40H65N7OS. The molecule has 2 aromatic rings. The number of hydrogen-bond acceptors (Lipinski definition) is 6. The van der Waals surface area contributed by atoms with Gasteiger partial charge in [-0.3, -0.25) is 9.48 Å². The Morgan fingerprint density at radius 3 is 2.76 bits per heavy atom. The van der Waals surface area contributed by atoms with Gasteiger partial charge in [0.05, 0.1) is 23.9 Å². The highest BCUT2D eigenvalue weighted by molar-refractivity contribution is 7.99. The number of amides is 1. The first kappa shape index (κ1) is 36.7. The van der Waals surface area contributed by atoms with Crippen LogP contribution in [0.1, 0.15) is 136 Å². The van der Waals surface area contributed by atoms with Crippen LogP contribution in [-0.4, -0.2) is 48.4 Å². The minimum atomic E-state index is -0.727. The van der Waals surface area contributed by atoms with E-state index in [1.807, 2.05) is 10.3 Å². The molecule has 6 rings (SSSR count). The van der Waals surface area contributed by atoms with Crippen LogP contribution in [0, 0.1) is 46.3 Å². The minimum absolute atomic E-state index is 0.204. The van der Waals surface area contributed by atoms with Crippen LogP contribution in [0.2, 0.25) is 0 Å². The monoisotopic (exact) mass is 691 g/mol. The quantitative estimate of drug-likeness (QED) is 0.121. The largest absolute Gasteiger partial charge is 0.354 e. The molecule has 6 unspecified atom stereocenters. The van der Waals surface area contributed by atoms with Gasteiger partial charge in [0.1, 0.15) is 6.04 Å². The lowest BCUT2D eigenvalue weighted by molar-refractivity contribution is -0.122. The maximum absolute atomic E-state index is 12.2. The maximum Gasteiger partial charge on any atom is 0.243 e. The number of aromatic nitrogens is 5. The molecule has 0 radical (unpaired) electrons. The second kappa shape index (κ2) is 16.0. The molecule has 9 heteroatoms. The minimum Gasteiger partial charge on any atom is -0.354 e. The Kier molecular flexibility index (Phi) is 12.0. The predicted octanol–water partition coefficient (Wildman–Crippen LogP) is 8.28. The summed E-state index contributed by atoms with van der Waals surface area (Å²) in [5.41, 5.74) is 10.5. The van der Waals surface area contributed by atoms with Crippen molar-refractivity contribution >= 4 is 17.7 Å². The van der Waals surface area contributed by atoms with E-state index in [4.69, 9.17) is 5.73 Å². The van der Waals surface area contributed by atoms with Gasteiger partial charge >= 0.3 is 0 Å². The fraction of sp³-hybridized carbons (Fsp3) is 0.800. The number of hydrogen-bond donors (Lipinski definition) is 3. The Morgan fingerprint density at radius 2 is 1.96 bits per heavy atom. The Balaban J connectivity index is 0.912. The second-order valence-electron chi connectivity index (χ2n) is 17.2. The molecule has 3 fully saturated rings. The number of fused-ring (bicyclic) bond motifs is 5. The molecule has 0 bridgehead atoms. The van der Waals surface area contributed by atoms with Crippen LogP contribution in [0.15, 0.2) is 30.4 Å². The van der Waals surface area contributed by atoms with E-state index in [2.05, 4.69) is 84.3 Å². The zero-order chi connectivity index (χ0) is 34.6. The van der Waals surface area contributed by atoms with Gasteiger partial charge in [-0.15, -0.1) is 5.10 Å². The number of carbonyl (C=O) groups is 1. The third-order valence-electron chi connectivity index (χ3n) is 13.8. The molecule has 3 saturated carbocycles. The number of allylic oxidation sites excluding steroid dienone is 2. The summed E-state index contributed by atoms with van der Waals surface area (Å²) >= 11 is 2.20. The topological polar surface area (TPSA) is 115 Å². The summed E-state index contributed by atoms with van der Waals surface area (Å²) in [6.45, 7) is 14.0. The van der Waals surface area contributed by atoms with Gasteiger partial charge in [0, 0.05) is 24.5 Å². The first-order chi connectivity index (χ1) is 23.6. The lowest BCUT2D eigenvalue weighted by Gasteiger charge is -2.58. The van der Waals surface area contributed by atoms with Crippen LogP contribution in [0.4, 0.5) is 0 Å². The van der Waals surface area contributed by atoms with E-state index < -0.39 is 6.04 Å². The van der Waals surface area contributed by atoms with Gasteiger partial charge in [-0.2, -0.15) is 11.8 Å². The fourth-order valence-electron chi connectivity index (χ4n) is 11.0. The summed E-state index contributed by atoms with van der Waals surface area (Å²) in [6, 6.07) is -0.727. The first-order valence-corrected chi connectivity index (χ1v) is 20.8. The Bertz CT molecular complexity index is 1390. The van der Waals surface area contributed by atoms with Crippen molar-refractivity contribution in [3.63, 3.8) is 0 Å². The molecule has 4 N–H and O–H groups in total. The molecule has 49 heavy (non-hydrogen) atoms. The van der Waals surface area contributed by atoms with Crippen molar-refractivity contribution in [1.82, 2.24) is 30.3 Å². The zero-order valence-corrected chi connectivity index (χ0v) is 31.9. The van der Waals surface area contributed by atoms with Crippen molar-refractivity contribution < 1.29 is 4.79 Å². The van der Waals surface area contributed by atoms with Gasteiger partial charge in [0.15, 0.2) is 0 Å². The lowest BCUT2D eigenvalue weighted by Crippen LogP contribution is -2.50. The molecule has 0 aliphatic heterocycles. The van der Waals surface area contributed by atoms with E-state index in [9.17, 15) is 4.79 Å². The maximum atomic E-state index is 12.2. The van der Waals surface area contributed by atoms with Gasteiger partial charge in [0.2, 0.25) is 5.91 Å². The highest BCUT2D eigenvalue weighted by Gasteiger charge is 2.59. The second-order valence-corrected chi connectivity index (χ2v) is 18.6. The van der Waals surface area contributed by atoms with E-state index in [0.29, 0.717) is 23.1 Å². The molecule has 1 amide bonds. The number of aromatic amines is 1. The number of rotatable bonds is 16. The van der Waals surface area contributed by atoms with Gasteiger partial charge < -0.3 is 16.0 Å². The molecular weight excluding hydrogens is 627 g/mol. The smallest absolute Gasteiger partial charge is 0.243 e. The number of carbonyl (C=O) groups excluding carboxylic acids is 1. The summed E-state index contributed by atoms with van der Waals surface area (Å²) in [5, 5.41) is 12.4. The van der Waals surface area contributed by atoms with Crippen molar-refractivity contribution in [2.45, 2.75) is 142 Å². The van der Waals surface area contributed by atoms with E-state index in [-0.39, 0.29) is 5.91 Å². The summed E-state index contributed by atoms with van der Waals surface area (Å²) in [5.74, 6) is 6.43. The number of aryl methyl sites for hydroxylation is 2. The summed E-state index contributed by atoms with van der Waals surface area (Å²) in [6.07, 6.45) is 26.4. The number of nitrogens with two attached hydrogens (primary N) is 1. The number of nitrogens with zero attached hydrogens (tertiary/aromatic N) is 4. The first-order valence-electron chi connectivity index (χ1n) is 19.8. The SMILES string of the molecule is CC(C)CCCC(C)C1CCC2C3CC=C4C[C@@H](SCCCc5cn(CCCNC(=O)C(N)c6cnc[nH]6)nn5)CC[C@]4(C)C3CC[C@]12C. The van der Waals surface area contributed by atoms with Crippen LogP contribution >= 0.6 is 11.8 Å². The molecule has 0 spiro atoms. The van der Waals surface area contributed by atoms with Crippen LogP contribution in [0.25, 0.3) is 0 Å². The lowest BCUT2D eigenvalue weighted by atomic mass is 9.47. The van der Waals surface area contributed by atoms with Gasteiger partial charge in [-0.1, -0.05) is 70.7 Å². The van der Waals surface area contributed by atoms with Crippen LogP contribution < -0.4 is 11.1 Å². The average Bonchev–Trinajstić information content (AvgIpc) is 3.85. The highest BCUT2D eigenvalue weighted by Crippen LogP contribution is 2.67. The fourth-order valence-corrected chi connectivity index (χ4v) is 12.2. The van der Waals surface area contributed by atoms with Crippen LogP contribution in [0.5, 0.6) is 0 Å². The molecule has 272 valence electrons. The average molecular weight is 692 g/mol. The Labute approximate surface area is 300 Å². The molecule has 9 atom stereocenters. The molecule has 4 aliphatic carbocycles. The molecule has 0 aromatic carbocycles. The van der Waals surface area contributed by atoms with E-state index >= 15 is 0 Å². The molecule has 4 aliphatic rings. The van der Waals surface area contributed by atoms with E-state index in [0.717, 1.165) is 72.3 Å². The highest BCUT2D eigenvalue weighted by atomic mass is 32.2. The predicted molar refractivity (Wildman–Crippen MR) is 201 cm³/mol. The number of thioether (sulfide) groups is 1. The number of imidazole rings is 1. The summed E-state index contributed by atoms with van der Waals surface area (Å²) < 4.78 is 1.89. The van der Waals surface area contributed by atoms with Crippen LogP contribution in [-0.2, 0) is 17.8 Å². The third kappa shape index (κ3) is 8.18. The van der Waals surface area contributed by atoms with E-state index in [1.54, 1.807) is 6.20 Å². The van der Waals surface area contributed by atoms with Gasteiger partial charge in [-0.25, -0.2) is 4.98 Å². The zero-order valence-electron chi connectivity index (χ0n) is 31.1. The van der Waals surface area contributed by atoms with Gasteiger partial charge in [-0.05, 0) is 123 Å². The number of H-pyrrole nitrogens is 1. The summed E-state index contributed by atoms with van der Waals surface area (Å²) in [4.78, 5) is 19.1. The van der Waals surface area contributed by atoms with E-state index in [1.165, 1.54) is 82.7 Å². The summed E-state index contributed by atoms with van der Waals surface area (Å²) in [7, 11) is 0. The van der Waals surface area contributed by atoms with Crippen molar-refractivity contribution in [2.75, 3.05) is 12.3 Å². The Hall–Kier alpha value is -2.13. The molecule has 8 nitrogen and oxygen atoms in total. The van der Waals surface area contributed by atoms with Crippen molar-refractivity contribution in [1.29, 1.82) is 0 Å². The standard InChI is InChI=1S/C40H65N7OS/c1-27(2)9-6-10-28(3)33-14-15-34-32-13-12-29-23-31(16-18-39(29,4)35(32)17-19-40(33,34)5)49-22-7-11-30-25-47(46-45-30)21-8-20-43-38(48)37(41)36-24-42-26-44-36/h12,24-28,31-35,37H,6-11,13-23,41H2,1-5H3,(H,42,44)(H,43,48)/t28?,31-,32?,33?,34?,35?,37?,39-,40+/m0/s1. The normalized spacial score (nSPS) is 32.2. The number of nitrogens with one attached hydrogen (secondary N) is 2. The Morgan fingerprint density at radius 1 is 1.10 bits per heavy atom. The van der Waals surface area contributed by atoms with Gasteiger partial charge in [0.25, 0.3) is 0 Å². The molecule has 2 heterocycles. The van der Waals surface area contributed by atoms with Crippen molar-refractivity contribution in [3.05, 3.63) is 41.8 Å². The molecule has 0 saturated heterocycles. The molecule has 2 aromatic heterocycles. The third-order valence-corrected chi connectivity index (χ3v) is 15.2. The van der Waals surface area contributed by atoms with Crippen molar-refractivity contribution in [2.24, 2.45) is 52.1 Å². The van der Waals surface area contributed by atoms with Crippen molar-refractivity contribution in [3.8, 4) is 0 Å². The van der Waals surface area contributed by atoms with Crippen LogP contribution in [0.3, 0.4) is 0 Å².